The number of hydrogen-bond donors (Lipinski definition) is 2. The lowest BCUT2D eigenvalue weighted by atomic mass is 9.95. The smallest absolute Gasteiger partial charge is 0.371 e. The normalized spacial score (nSPS) is 19.1. The summed E-state index contributed by atoms with van der Waals surface area (Å²) >= 11 is 2.93. The van der Waals surface area contributed by atoms with E-state index in [2.05, 4.69) is 26.7 Å². The molecule has 6 nitrogen and oxygen atoms in total. The van der Waals surface area contributed by atoms with Gasteiger partial charge >= 0.3 is 5.97 Å². The molecule has 8 heteroatoms. The van der Waals surface area contributed by atoms with Crippen LogP contribution in [-0.2, 0) is 10.0 Å². The summed E-state index contributed by atoms with van der Waals surface area (Å²) in [6, 6.07) is 0.996. The molecule has 0 spiro atoms. The third kappa shape index (κ3) is 3.50. The molecule has 0 amide bonds. The number of carboxylic acids is 1. The van der Waals surface area contributed by atoms with Gasteiger partial charge in [0, 0.05) is 12.6 Å². The van der Waals surface area contributed by atoms with E-state index < -0.39 is 21.8 Å². The predicted octanol–water partition coefficient (Wildman–Crippen LogP) is 2.37. The molecule has 1 aromatic heterocycles. The van der Waals surface area contributed by atoms with E-state index in [1.54, 1.807) is 0 Å². The molecule has 0 aromatic carbocycles. The summed E-state index contributed by atoms with van der Waals surface area (Å²) < 4.78 is 31.5. The first kappa shape index (κ1) is 15.3. The zero-order valence-electron chi connectivity index (χ0n) is 10.5. The first-order valence-corrected chi connectivity index (χ1v) is 8.35. The highest BCUT2D eigenvalue weighted by molar-refractivity contribution is 9.10. The second-order valence-corrected chi connectivity index (χ2v) is 7.01. The Balaban J connectivity index is 2.09. The minimum Gasteiger partial charge on any atom is -0.475 e. The lowest BCUT2D eigenvalue weighted by molar-refractivity contribution is 0.0661. The highest BCUT2D eigenvalue weighted by atomic mass is 79.9. The van der Waals surface area contributed by atoms with Crippen LogP contribution in [0.2, 0.25) is 0 Å². The molecule has 0 unspecified atom stereocenters. The fourth-order valence-electron chi connectivity index (χ4n) is 1.99. The first-order valence-electron chi connectivity index (χ1n) is 6.07. The lowest BCUT2D eigenvalue weighted by Crippen LogP contribution is -2.29. The van der Waals surface area contributed by atoms with Crippen LogP contribution >= 0.6 is 15.9 Å². The topological polar surface area (TPSA) is 96.6 Å². The van der Waals surface area contributed by atoms with Crippen molar-refractivity contribution in [3.63, 3.8) is 0 Å². The summed E-state index contributed by atoms with van der Waals surface area (Å²) in [5.74, 6) is -1.47. The minimum absolute atomic E-state index is 0.106. The van der Waals surface area contributed by atoms with Crippen LogP contribution in [0.5, 0.6) is 0 Å². The highest BCUT2D eigenvalue weighted by Crippen LogP contribution is 2.26. The average molecular weight is 364 g/mol. The Morgan fingerprint density at radius 1 is 1.50 bits per heavy atom. The van der Waals surface area contributed by atoms with Gasteiger partial charge in [-0.25, -0.2) is 17.9 Å². The Kier molecular flexibility index (Phi) is 4.66. The van der Waals surface area contributed by atoms with Crippen molar-refractivity contribution >= 4 is 31.9 Å². The first-order chi connectivity index (χ1) is 9.40. The van der Waals surface area contributed by atoms with Gasteiger partial charge in [-0.05, 0) is 41.1 Å². The molecule has 1 aromatic rings. The van der Waals surface area contributed by atoms with Crippen LogP contribution in [0.4, 0.5) is 0 Å². The molecule has 110 valence electrons. The summed E-state index contributed by atoms with van der Waals surface area (Å²) in [5.41, 5.74) is 0. The number of furan rings is 1. The number of hydrogen-bond acceptors (Lipinski definition) is 4. The molecule has 20 heavy (non-hydrogen) atoms. The molecule has 2 N–H and O–H groups in total. The van der Waals surface area contributed by atoms with E-state index in [0.717, 1.165) is 25.3 Å². The van der Waals surface area contributed by atoms with Crippen molar-refractivity contribution in [1.82, 2.24) is 4.72 Å². The maximum atomic E-state index is 12.1. The van der Waals surface area contributed by atoms with Crippen LogP contribution in [0.25, 0.3) is 0 Å². The Morgan fingerprint density at radius 3 is 2.80 bits per heavy atom. The van der Waals surface area contributed by atoms with Crippen LogP contribution in [-0.4, -0.2) is 26.0 Å². The third-order valence-electron chi connectivity index (χ3n) is 3.10. The number of rotatable bonds is 5. The largest absolute Gasteiger partial charge is 0.475 e. The highest BCUT2D eigenvalue weighted by Gasteiger charge is 2.25. The predicted molar refractivity (Wildman–Crippen MR) is 75.0 cm³/mol. The van der Waals surface area contributed by atoms with Gasteiger partial charge in [0.25, 0.3) is 0 Å². The van der Waals surface area contributed by atoms with Crippen LogP contribution in [0.15, 0.2) is 32.2 Å². The number of carbonyl (C=O) groups is 1. The second kappa shape index (κ2) is 6.11. The molecule has 0 aliphatic heterocycles. The van der Waals surface area contributed by atoms with Crippen molar-refractivity contribution in [3.8, 4) is 0 Å². The number of nitrogens with one attached hydrogen (secondary N) is 1. The van der Waals surface area contributed by atoms with E-state index in [9.17, 15) is 13.2 Å². The van der Waals surface area contributed by atoms with Crippen molar-refractivity contribution < 1.29 is 22.7 Å². The number of halogens is 1. The average Bonchev–Trinajstić information content (AvgIpc) is 2.81. The van der Waals surface area contributed by atoms with Gasteiger partial charge in [-0.2, -0.15) is 0 Å². The third-order valence-corrected chi connectivity index (χ3v) is 5.38. The van der Waals surface area contributed by atoms with Crippen molar-refractivity contribution in [2.24, 2.45) is 5.92 Å². The Bertz CT molecular complexity index is 634. The van der Waals surface area contributed by atoms with Crippen molar-refractivity contribution in [2.45, 2.75) is 24.2 Å². The van der Waals surface area contributed by atoms with Crippen LogP contribution in [0.3, 0.4) is 0 Å². The summed E-state index contributed by atoms with van der Waals surface area (Å²) in [6.45, 7) is 0.326. The summed E-state index contributed by atoms with van der Waals surface area (Å²) in [7, 11) is -3.78. The molecule has 0 fully saturated rings. The number of carboxylic acid groups (broad SMARTS) is 1. The molecular formula is C12H14BrNO5S. The van der Waals surface area contributed by atoms with Crippen LogP contribution in [0.1, 0.15) is 29.8 Å². The molecular weight excluding hydrogens is 350 g/mol. The van der Waals surface area contributed by atoms with Crippen LogP contribution < -0.4 is 4.72 Å². The maximum Gasteiger partial charge on any atom is 0.371 e. The molecule has 2 rings (SSSR count). The quantitative estimate of drug-likeness (QED) is 0.782. The summed E-state index contributed by atoms with van der Waals surface area (Å²) in [6.07, 6.45) is 6.85. The molecule has 1 atom stereocenters. The molecule has 1 aliphatic carbocycles. The molecule has 0 saturated heterocycles. The fraction of sp³-hybridized carbons (Fsp3) is 0.417. The second-order valence-electron chi connectivity index (χ2n) is 4.56. The standard InChI is InChI=1S/C12H14BrNO5S/c13-11-10(6-9(19-11)12(15)16)20(17,18)14-7-8-4-2-1-3-5-8/h1-2,6,8,14H,3-5,7H2,(H,15,16)/t8-/m0/s1. The van der Waals surface area contributed by atoms with E-state index in [0.29, 0.717) is 6.54 Å². The van der Waals surface area contributed by atoms with Gasteiger partial charge in [-0.15, -0.1) is 0 Å². The van der Waals surface area contributed by atoms with Gasteiger partial charge in [0.05, 0.1) is 0 Å². The maximum absolute atomic E-state index is 12.1. The lowest BCUT2D eigenvalue weighted by Gasteiger charge is -2.17. The van der Waals surface area contributed by atoms with E-state index in [1.807, 2.05) is 6.08 Å². The minimum atomic E-state index is -3.78. The fourth-order valence-corrected chi connectivity index (χ4v) is 4.04. The molecule has 0 saturated carbocycles. The zero-order valence-corrected chi connectivity index (χ0v) is 12.9. The Hall–Kier alpha value is -1.12. The van der Waals surface area contributed by atoms with Gasteiger partial charge in [-0.1, -0.05) is 12.2 Å². The van der Waals surface area contributed by atoms with E-state index in [4.69, 9.17) is 9.52 Å². The SMILES string of the molecule is O=C(O)c1cc(S(=O)(=O)NC[C@H]2CC=CCC2)c(Br)o1. The Morgan fingerprint density at radius 2 is 2.25 bits per heavy atom. The molecule has 1 heterocycles. The van der Waals surface area contributed by atoms with Gasteiger partial charge in [0.2, 0.25) is 15.8 Å². The van der Waals surface area contributed by atoms with Gasteiger partial charge in [0.1, 0.15) is 4.90 Å². The van der Waals surface area contributed by atoms with Crippen molar-refractivity contribution in [3.05, 3.63) is 28.6 Å². The molecule has 1 aliphatic rings. The van der Waals surface area contributed by atoms with E-state index >= 15 is 0 Å². The number of allylic oxidation sites excluding steroid dienone is 2. The van der Waals surface area contributed by atoms with Gasteiger partial charge < -0.3 is 9.52 Å². The van der Waals surface area contributed by atoms with Gasteiger partial charge in [0.15, 0.2) is 4.67 Å². The van der Waals surface area contributed by atoms with Crippen LogP contribution in [0, 0.1) is 5.92 Å². The number of sulfonamides is 1. The van der Waals surface area contributed by atoms with Crippen molar-refractivity contribution in [2.75, 3.05) is 6.54 Å². The summed E-state index contributed by atoms with van der Waals surface area (Å²) in [4.78, 5) is 10.6. The van der Waals surface area contributed by atoms with E-state index in [1.165, 1.54) is 0 Å². The summed E-state index contributed by atoms with van der Waals surface area (Å²) in [5, 5.41) is 8.78. The van der Waals surface area contributed by atoms with Crippen molar-refractivity contribution in [1.29, 1.82) is 0 Å². The monoisotopic (exact) mass is 363 g/mol. The van der Waals surface area contributed by atoms with Gasteiger partial charge in [-0.3, -0.25) is 0 Å². The Labute approximate surface area is 125 Å². The zero-order chi connectivity index (χ0) is 14.8. The molecule has 0 bridgehead atoms. The molecule has 0 radical (unpaired) electrons. The number of aromatic carboxylic acids is 1. The van der Waals surface area contributed by atoms with E-state index in [-0.39, 0.29) is 15.5 Å².